The molecule has 1 unspecified atom stereocenters. The molecule has 4 heteroatoms. The molecule has 2 N–H and O–H groups in total. The summed E-state index contributed by atoms with van der Waals surface area (Å²) < 4.78 is 0. The van der Waals surface area contributed by atoms with E-state index in [0.717, 1.165) is 5.56 Å². The summed E-state index contributed by atoms with van der Waals surface area (Å²) in [5.41, 5.74) is 2.35. The van der Waals surface area contributed by atoms with Gasteiger partial charge in [-0.05, 0) is 29.8 Å². The molecule has 0 spiro atoms. The third kappa shape index (κ3) is 3.93. The average Bonchev–Trinajstić information content (AvgIpc) is 2.67. The van der Waals surface area contributed by atoms with Crippen LogP contribution in [0.3, 0.4) is 0 Å². The minimum atomic E-state index is -0.980. The summed E-state index contributed by atoms with van der Waals surface area (Å²) in [5, 5.41) is 12.2. The van der Waals surface area contributed by atoms with Crippen molar-refractivity contribution < 1.29 is 14.7 Å². The Morgan fingerprint density at radius 1 is 0.720 bits per heavy atom. The number of nitrogens with one attached hydrogen (secondary N) is 1. The molecule has 25 heavy (non-hydrogen) atoms. The van der Waals surface area contributed by atoms with Gasteiger partial charge in [-0.3, -0.25) is 4.79 Å². The number of Topliss-reactive ketones (excluding diaryl/α,β-unsaturated/α-hetero) is 1. The topological polar surface area (TPSA) is 66.4 Å². The van der Waals surface area contributed by atoms with Gasteiger partial charge in [-0.15, -0.1) is 0 Å². The Balaban J connectivity index is 1.92. The fourth-order valence-electron chi connectivity index (χ4n) is 2.59. The van der Waals surface area contributed by atoms with Gasteiger partial charge in [0, 0.05) is 11.3 Å². The summed E-state index contributed by atoms with van der Waals surface area (Å²) in [5.74, 6) is -1.03. The molecule has 0 fully saturated rings. The number of carbonyl (C=O) groups is 2. The molecule has 3 aromatic carbocycles. The number of carboxylic acids is 1. The zero-order chi connectivity index (χ0) is 17.6. The number of ketones is 1. The quantitative estimate of drug-likeness (QED) is 0.656. The number of aromatic carboxylic acids is 1. The molecule has 3 rings (SSSR count). The van der Waals surface area contributed by atoms with Crippen LogP contribution in [0.15, 0.2) is 84.9 Å². The Bertz CT molecular complexity index is 859. The maximum absolute atomic E-state index is 13.0. The van der Waals surface area contributed by atoms with Gasteiger partial charge in [-0.2, -0.15) is 0 Å². The standard InChI is InChI=1S/C21H17NO3/c23-20(16-9-5-2-6-10-16)19(15-7-3-1-4-8-15)22-18-13-11-17(12-14-18)21(24)25/h1-14,19,22H,(H,24,25). The molecule has 0 aromatic heterocycles. The Morgan fingerprint density at radius 3 is 1.84 bits per heavy atom. The lowest BCUT2D eigenvalue weighted by molar-refractivity contribution is 0.0696. The highest BCUT2D eigenvalue weighted by molar-refractivity contribution is 6.02. The molecule has 0 aliphatic carbocycles. The molecule has 1 atom stereocenters. The minimum Gasteiger partial charge on any atom is -0.478 e. The number of anilines is 1. The monoisotopic (exact) mass is 331 g/mol. The largest absolute Gasteiger partial charge is 0.478 e. The van der Waals surface area contributed by atoms with E-state index in [4.69, 9.17) is 5.11 Å². The molecule has 0 amide bonds. The summed E-state index contributed by atoms with van der Waals surface area (Å²) in [6.45, 7) is 0. The fourth-order valence-corrected chi connectivity index (χ4v) is 2.59. The van der Waals surface area contributed by atoms with Gasteiger partial charge in [0.1, 0.15) is 6.04 Å². The number of hydrogen-bond acceptors (Lipinski definition) is 3. The van der Waals surface area contributed by atoms with Gasteiger partial charge in [0.05, 0.1) is 5.56 Å². The van der Waals surface area contributed by atoms with Gasteiger partial charge < -0.3 is 10.4 Å². The van der Waals surface area contributed by atoms with Crippen LogP contribution in [0.5, 0.6) is 0 Å². The van der Waals surface area contributed by atoms with Gasteiger partial charge in [-0.1, -0.05) is 60.7 Å². The summed E-state index contributed by atoms with van der Waals surface area (Å²) in [4.78, 5) is 23.9. The average molecular weight is 331 g/mol. The molecule has 3 aromatic rings. The molecule has 124 valence electrons. The van der Waals surface area contributed by atoms with E-state index in [1.54, 1.807) is 24.3 Å². The van der Waals surface area contributed by atoms with E-state index >= 15 is 0 Å². The van der Waals surface area contributed by atoms with E-state index < -0.39 is 12.0 Å². The van der Waals surface area contributed by atoms with Crippen LogP contribution in [0, 0.1) is 0 Å². The molecule has 0 heterocycles. The van der Waals surface area contributed by atoms with Gasteiger partial charge in [-0.25, -0.2) is 4.79 Å². The van der Waals surface area contributed by atoms with Gasteiger partial charge in [0.15, 0.2) is 5.78 Å². The Morgan fingerprint density at radius 2 is 1.28 bits per heavy atom. The first-order chi connectivity index (χ1) is 12.1. The predicted octanol–water partition coefficient (Wildman–Crippen LogP) is 4.42. The van der Waals surface area contributed by atoms with Gasteiger partial charge in [0.25, 0.3) is 0 Å². The fraction of sp³-hybridized carbons (Fsp3) is 0.0476. The zero-order valence-electron chi connectivity index (χ0n) is 13.4. The van der Waals surface area contributed by atoms with Crippen LogP contribution in [-0.4, -0.2) is 16.9 Å². The number of carbonyl (C=O) groups excluding carboxylic acids is 1. The van der Waals surface area contributed by atoms with E-state index in [0.29, 0.717) is 11.3 Å². The molecular formula is C21H17NO3. The summed E-state index contributed by atoms with van der Waals surface area (Å²) in [6.07, 6.45) is 0. The van der Waals surface area contributed by atoms with Crippen molar-refractivity contribution in [1.29, 1.82) is 0 Å². The second-order valence-corrected chi connectivity index (χ2v) is 5.60. The van der Waals surface area contributed by atoms with Crippen molar-refractivity contribution in [3.8, 4) is 0 Å². The lowest BCUT2D eigenvalue weighted by Gasteiger charge is -2.19. The first-order valence-corrected chi connectivity index (χ1v) is 7.89. The van der Waals surface area contributed by atoms with E-state index in [1.807, 2.05) is 48.5 Å². The van der Waals surface area contributed by atoms with Gasteiger partial charge >= 0.3 is 5.97 Å². The molecule has 0 saturated heterocycles. The van der Waals surface area contributed by atoms with Crippen LogP contribution < -0.4 is 5.32 Å². The molecule has 0 bridgehead atoms. The molecule has 4 nitrogen and oxygen atoms in total. The van der Waals surface area contributed by atoms with Crippen LogP contribution in [0.25, 0.3) is 0 Å². The van der Waals surface area contributed by atoms with Crippen LogP contribution in [0.1, 0.15) is 32.3 Å². The van der Waals surface area contributed by atoms with Crippen molar-refractivity contribution in [2.24, 2.45) is 0 Å². The molecule has 0 radical (unpaired) electrons. The first kappa shape index (κ1) is 16.5. The van der Waals surface area contributed by atoms with E-state index in [1.165, 1.54) is 12.1 Å². The van der Waals surface area contributed by atoms with Crippen molar-refractivity contribution in [2.45, 2.75) is 6.04 Å². The Kier molecular flexibility index (Phi) is 4.90. The number of hydrogen-bond donors (Lipinski definition) is 2. The number of carboxylic acid groups (broad SMARTS) is 1. The minimum absolute atomic E-state index is 0.0471. The van der Waals surface area contributed by atoms with E-state index in [9.17, 15) is 9.59 Å². The third-order valence-electron chi connectivity index (χ3n) is 3.90. The number of rotatable bonds is 6. The van der Waals surface area contributed by atoms with Crippen molar-refractivity contribution in [3.05, 3.63) is 102 Å². The van der Waals surface area contributed by atoms with Crippen molar-refractivity contribution >= 4 is 17.4 Å². The van der Waals surface area contributed by atoms with Crippen molar-refractivity contribution in [1.82, 2.24) is 0 Å². The Hall–Kier alpha value is -3.40. The zero-order valence-corrected chi connectivity index (χ0v) is 13.4. The summed E-state index contributed by atoms with van der Waals surface area (Å²) in [7, 11) is 0. The second-order valence-electron chi connectivity index (χ2n) is 5.60. The highest BCUT2D eigenvalue weighted by atomic mass is 16.4. The SMILES string of the molecule is O=C(O)c1ccc(NC(C(=O)c2ccccc2)c2ccccc2)cc1. The van der Waals surface area contributed by atoms with Crippen molar-refractivity contribution in [3.63, 3.8) is 0 Å². The van der Waals surface area contributed by atoms with Crippen LogP contribution in [-0.2, 0) is 0 Å². The predicted molar refractivity (Wildman–Crippen MR) is 97.0 cm³/mol. The van der Waals surface area contributed by atoms with Crippen LogP contribution >= 0.6 is 0 Å². The van der Waals surface area contributed by atoms with Gasteiger partial charge in [0.2, 0.25) is 0 Å². The maximum atomic E-state index is 13.0. The third-order valence-corrected chi connectivity index (χ3v) is 3.90. The highest BCUT2D eigenvalue weighted by Crippen LogP contribution is 2.24. The van der Waals surface area contributed by atoms with E-state index in [-0.39, 0.29) is 11.3 Å². The molecule has 0 saturated carbocycles. The summed E-state index contributed by atoms with van der Waals surface area (Å²) >= 11 is 0. The number of benzene rings is 3. The molecule has 0 aliphatic rings. The first-order valence-electron chi connectivity index (χ1n) is 7.89. The Labute approximate surface area is 145 Å². The smallest absolute Gasteiger partial charge is 0.335 e. The van der Waals surface area contributed by atoms with Crippen molar-refractivity contribution in [2.75, 3.05) is 5.32 Å². The van der Waals surface area contributed by atoms with E-state index in [2.05, 4.69) is 5.32 Å². The molecule has 0 aliphatic heterocycles. The van der Waals surface area contributed by atoms with Crippen LogP contribution in [0.2, 0.25) is 0 Å². The maximum Gasteiger partial charge on any atom is 0.335 e. The lowest BCUT2D eigenvalue weighted by atomic mass is 9.97. The lowest BCUT2D eigenvalue weighted by Crippen LogP contribution is -2.21. The second kappa shape index (κ2) is 7.45. The highest BCUT2D eigenvalue weighted by Gasteiger charge is 2.21. The normalized spacial score (nSPS) is 11.5. The molecular weight excluding hydrogens is 314 g/mol. The summed E-state index contributed by atoms with van der Waals surface area (Å²) in [6, 6.07) is 24.4. The van der Waals surface area contributed by atoms with Crippen LogP contribution in [0.4, 0.5) is 5.69 Å².